The molecule has 138 valence electrons. The zero-order chi connectivity index (χ0) is 17.4. The second-order valence-electron chi connectivity index (χ2n) is 5.55. The van der Waals surface area contributed by atoms with Crippen LogP contribution in [0.25, 0.3) is 0 Å². The van der Waals surface area contributed by atoms with Gasteiger partial charge < -0.3 is 25.0 Å². The van der Waals surface area contributed by atoms with E-state index in [-0.39, 0.29) is 24.0 Å². The average molecular weight is 458 g/mol. The molecule has 0 saturated carbocycles. The van der Waals surface area contributed by atoms with Crippen LogP contribution in [0, 0.1) is 0 Å². The number of aryl methyl sites for hydroxylation is 1. The number of aliphatic hydroxyl groups excluding tert-OH is 1. The Hall–Kier alpha value is -1.74. The minimum atomic E-state index is -0.614. The molecule has 0 saturated heterocycles. The third-order valence-corrected chi connectivity index (χ3v) is 3.62. The van der Waals surface area contributed by atoms with Crippen molar-refractivity contribution in [2.45, 2.75) is 19.6 Å². The van der Waals surface area contributed by atoms with Crippen molar-refractivity contribution in [3.63, 3.8) is 0 Å². The number of benzene rings is 1. The molecule has 7 heteroatoms. The minimum absolute atomic E-state index is 0. The number of halogens is 1. The molecular formula is C18H27IN4O2. The van der Waals surface area contributed by atoms with Crippen molar-refractivity contribution in [3.05, 3.63) is 53.9 Å². The smallest absolute Gasteiger partial charge is 0.191 e. The van der Waals surface area contributed by atoms with Crippen molar-refractivity contribution in [2.24, 2.45) is 12.0 Å². The molecule has 0 radical (unpaired) electrons. The number of nitrogens with one attached hydrogen (secondary N) is 2. The first-order valence-electron chi connectivity index (χ1n) is 8.07. The molecule has 2 aromatic rings. The number of aromatic nitrogens is 1. The van der Waals surface area contributed by atoms with E-state index < -0.39 is 6.10 Å². The summed E-state index contributed by atoms with van der Waals surface area (Å²) in [6.45, 7) is 3.75. The van der Waals surface area contributed by atoms with Crippen LogP contribution < -0.4 is 15.4 Å². The third kappa shape index (κ3) is 6.95. The first-order chi connectivity index (χ1) is 11.6. The number of rotatable bonds is 7. The summed E-state index contributed by atoms with van der Waals surface area (Å²) >= 11 is 0. The lowest BCUT2D eigenvalue weighted by Gasteiger charge is -2.15. The fraction of sp³-hybridized carbons (Fsp3) is 0.389. The fourth-order valence-electron chi connectivity index (χ4n) is 2.30. The van der Waals surface area contributed by atoms with Gasteiger partial charge in [-0.25, -0.2) is 4.99 Å². The summed E-state index contributed by atoms with van der Waals surface area (Å²) in [7, 11) is 3.61. The maximum absolute atomic E-state index is 10.3. The van der Waals surface area contributed by atoms with E-state index in [1.165, 1.54) is 0 Å². The Morgan fingerprint density at radius 3 is 2.52 bits per heavy atom. The number of guanidine groups is 1. The quantitative estimate of drug-likeness (QED) is 0.339. The van der Waals surface area contributed by atoms with Crippen molar-refractivity contribution < 1.29 is 9.84 Å². The molecule has 0 aliphatic heterocycles. The third-order valence-electron chi connectivity index (χ3n) is 3.62. The summed E-state index contributed by atoms with van der Waals surface area (Å²) in [5, 5.41) is 16.7. The minimum Gasteiger partial charge on any atom is -0.497 e. The van der Waals surface area contributed by atoms with Crippen LogP contribution in [0.3, 0.4) is 0 Å². The number of hydrogen-bond acceptors (Lipinski definition) is 3. The maximum atomic E-state index is 10.3. The normalized spacial score (nSPS) is 12.2. The summed E-state index contributed by atoms with van der Waals surface area (Å²) in [6, 6.07) is 9.44. The van der Waals surface area contributed by atoms with Crippen LogP contribution in [0.15, 0.2) is 47.7 Å². The summed E-state index contributed by atoms with van der Waals surface area (Å²) in [5.41, 5.74) is 1.98. The SMILES string of the molecule is CCNC(=NCc1ccn(C)c1)NCC(O)c1ccc(OC)cc1.I. The first kappa shape index (κ1) is 21.3. The predicted molar refractivity (Wildman–Crippen MR) is 112 cm³/mol. The van der Waals surface area contributed by atoms with Gasteiger partial charge >= 0.3 is 0 Å². The van der Waals surface area contributed by atoms with Gasteiger partial charge in [0.25, 0.3) is 0 Å². The number of methoxy groups -OCH3 is 1. The molecule has 0 aliphatic carbocycles. The molecule has 0 amide bonds. The maximum Gasteiger partial charge on any atom is 0.191 e. The van der Waals surface area contributed by atoms with Crippen molar-refractivity contribution in [1.29, 1.82) is 0 Å². The van der Waals surface area contributed by atoms with Gasteiger partial charge in [0, 0.05) is 32.5 Å². The lowest BCUT2D eigenvalue weighted by Crippen LogP contribution is -2.39. The molecule has 6 nitrogen and oxygen atoms in total. The van der Waals surface area contributed by atoms with Gasteiger partial charge in [-0.15, -0.1) is 24.0 Å². The second kappa shape index (κ2) is 11.0. The first-order valence-corrected chi connectivity index (χ1v) is 8.07. The van der Waals surface area contributed by atoms with Gasteiger partial charge in [-0.2, -0.15) is 0 Å². The molecular weight excluding hydrogens is 431 g/mol. The summed E-state index contributed by atoms with van der Waals surface area (Å²) in [5.74, 6) is 1.46. The van der Waals surface area contributed by atoms with Gasteiger partial charge in [-0.3, -0.25) is 0 Å². The molecule has 0 fully saturated rings. The van der Waals surface area contributed by atoms with Crippen LogP contribution in [-0.4, -0.2) is 35.8 Å². The highest BCUT2D eigenvalue weighted by Crippen LogP contribution is 2.16. The summed E-state index contributed by atoms with van der Waals surface area (Å²) in [4.78, 5) is 4.54. The monoisotopic (exact) mass is 458 g/mol. The number of ether oxygens (including phenoxy) is 1. The highest BCUT2D eigenvalue weighted by atomic mass is 127. The van der Waals surface area contributed by atoms with E-state index >= 15 is 0 Å². The number of hydrogen-bond donors (Lipinski definition) is 3. The molecule has 25 heavy (non-hydrogen) atoms. The van der Waals surface area contributed by atoms with Crippen LogP contribution in [-0.2, 0) is 13.6 Å². The van der Waals surface area contributed by atoms with Crippen LogP contribution in [0.5, 0.6) is 5.75 Å². The van der Waals surface area contributed by atoms with E-state index in [0.717, 1.165) is 23.4 Å². The molecule has 1 atom stereocenters. The Balaban J connectivity index is 0.00000312. The van der Waals surface area contributed by atoms with Crippen LogP contribution in [0.2, 0.25) is 0 Å². The molecule has 2 rings (SSSR count). The molecule has 0 aliphatic rings. The van der Waals surface area contributed by atoms with Crippen molar-refractivity contribution in [1.82, 2.24) is 15.2 Å². The Bertz CT molecular complexity index is 655. The molecule has 1 heterocycles. The largest absolute Gasteiger partial charge is 0.497 e. The summed E-state index contributed by atoms with van der Waals surface area (Å²) in [6.07, 6.45) is 3.43. The van der Waals surface area contributed by atoms with E-state index in [1.807, 2.05) is 61.3 Å². The van der Waals surface area contributed by atoms with E-state index in [1.54, 1.807) is 7.11 Å². The van der Waals surface area contributed by atoms with Gasteiger partial charge in [-0.05, 0) is 36.2 Å². The number of aliphatic imine (C=N–C) groups is 1. The van der Waals surface area contributed by atoms with Crippen molar-refractivity contribution >= 4 is 29.9 Å². The van der Waals surface area contributed by atoms with E-state index in [2.05, 4.69) is 15.6 Å². The highest BCUT2D eigenvalue weighted by molar-refractivity contribution is 14.0. The van der Waals surface area contributed by atoms with E-state index in [9.17, 15) is 5.11 Å². The van der Waals surface area contributed by atoms with Crippen molar-refractivity contribution in [3.8, 4) is 5.75 Å². The Morgan fingerprint density at radius 1 is 1.24 bits per heavy atom. The lowest BCUT2D eigenvalue weighted by atomic mass is 10.1. The van der Waals surface area contributed by atoms with Crippen LogP contribution in [0.1, 0.15) is 24.2 Å². The molecule has 0 spiro atoms. The van der Waals surface area contributed by atoms with E-state index in [4.69, 9.17) is 4.74 Å². The van der Waals surface area contributed by atoms with Gasteiger partial charge in [0.15, 0.2) is 5.96 Å². The predicted octanol–water partition coefficient (Wildman–Crippen LogP) is 2.44. The Labute approximate surface area is 166 Å². The van der Waals surface area contributed by atoms with Crippen LogP contribution in [0.4, 0.5) is 0 Å². The Kier molecular flexibility index (Phi) is 9.36. The zero-order valence-corrected chi connectivity index (χ0v) is 17.2. The molecule has 1 unspecified atom stereocenters. The van der Waals surface area contributed by atoms with Crippen LogP contribution >= 0.6 is 24.0 Å². The lowest BCUT2D eigenvalue weighted by molar-refractivity contribution is 0.180. The molecule has 0 bridgehead atoms. The van der Waals surface area contributed by atoms with Gasteiger partial charge in [0.1, 0.15) is 5.75 Å². The molecule has 1 aromatic carbocycles. The van der Waals surface area contributed by atoms with Gasteiger partial charge in [-0.1, -0.05) is 12.1 Å². The zero-order valence-electron chi connectivity index (χ0n) is 14.9. The number of nitrogens with zero attached hydrogens (tertiary/aromatic N) is 2. The molecule has 1 aromatic heterocycles. The van der Waals surface area contributed by atoms with Gasteiger partial charge in [0.05, 0.1) is 19.8 Å². The van der Waals surface area contributed by atoms with Crippen molar-refractivity contribution in [2.75, 3.05) is 20.2 Å². The second-order valence-corrected chi connectivity index (χ2v) is 5.55. The number of aliphatic hydroxyl groups is 1. The fourth-order valence-corrected chi connectivity index (χ4v) is 2.30. The summed E-state index contributed by atoms with van der Waals surface area (Å²) < 4.78 is 7.13. The molecule has 3 N–H and O–H groups in total. The van der Waals surface area contributed by atoms with E-state index in [0.29, 0.717) is 19.0 Å². The topological polar surface area (TPSA) is 70.8 Å². The standard InChI is InChI=1S/C18H26N4O2.HI/c1-4-19-18(20-11-14-9-10-22(2)13-14)21-12-17(23)15-5-7-16(24-3)8-6-15;/h5-10,13,17,23H,4,11-12H2,1-3H3,(H2,19,20,21);1H. The highest BCUT2D eigenvalue weighted by Gasteiger charge is 2.08. The average Bonchev–Trinajstić information content (AvgIpc) is 3.02. The Morgan fingerprint density at radius 2 is 1.96 bits per heavy atom. The van der Waals surface area contributed by atoms with Gasteiger partial charge in [0.2, 0.25) is 0 Å².